The van der Waals surface area contributed by atoms with E-state index >= 15 is 0 Å². The van der Waals surface area contributed by atoms with E-state index in [9.17, 15) is 4.79 Å². The van der Waals surface area contributed by atoms with E-state index in [-0.39, 0.29) is 34.7 Å². The lowest BCUT2D eigenvalue weighted by atomic mass is 9.31. The van der Waals surface area contributed by atoms with Gasteiger partial charge in [0, 0.05) is 23.2 Å². The molecule has 0 amide bonds. The van der Waals surface area contributed by atoms with Crippen LogP contribution in [0.5, 0.6) is 0 Å². The molecule has 6 rings (SSSR count). The molecule has 3 aliphatic heterocycles. The number of carbonyl (C=O) groups excluding carboxylic acids is 1. The van der Waals surface area contributed by atoms with E-state index in [0.29, 0.717) is 5.92 Å². The summed E-state index contributed by atoms with van der Waals surface area (Å²) < 4.78 is 11.8. The summed E-state index contributed by atoms with van der Waals surface area (Å²) in [5, 5.41) is 0. The van der Waals surface area contributed by atoms with Crippen molar-refractivity contribution in [2.75, 3.05) is 0 Å². The molecule has 0 aromatic carbocycles. The largest absolute Gasteiger partial charge is 0.435 e. The molecule has 0 aromatic heterocycles. The number of esters is 1. The molecule has 6 fully saturated rings. The molecule has 3 aliphatic carbocycles. The second-order valence-electron chi connectivity index (χ2n) is 7.98. The first kappa shape index (κ1) is 12.9. The Morgan fingerprint density at radius 1 is 1.14 bits per heavy atom. The SMILES string of the molecule is C[C@@H]1CCC23C4OO[C@@]5(C)CCC41C2C(OC(=O)[C@@H]3C)O5. The summed E-state index contributed by atoms with van der Waals surface area (Å²) in [6.45, 7) is 6.19. The van der Waals surface area contributed by atoms with Gasteiger partial charge in [-0.15, -0.1) is 0 Å². The smallest absolute Gasteiger partial charge is 0.311 e. The van der Waals surface area contributed by atoms with Crippen LogP contribution in [0.15, 0.2) is 0 Å². The zero-order chi connectivity index (χ0) is 14.6. The predicted octanol–water partition coefficient (Wildman–Crippen LogP) is 2.39. The van der Waals surface area contributed by atoms with Gasteiger partial charge in [0.15, 0.2) is 0 Å². The molecule has 3 heterocycles. The summed E-state index contributed by atoms with van der Waals surface area (Å²) in [6.07, 6.45) is 3.52. The third-order valence-electron chi connectivity index (χ3n) is 7.42. The van der Waals surface area contributed by atoms with Crippen LogP contribution in [-0.4, -0.2) is 24.2 Å². The molecule has 3 saturated heterocycles. The van der Waals surface area contributed by atoms with Crippen molar-refractivity contribution in [3.05, 3.63) is 0 Å². The highest BCUT2D eigenvalue weighted by atomic mass is 17.2. The Hall–Kier alpha value is -0.650. The van der Waals surface area contributed by atoms with Gasteiger partial charge in [0.25, 0.3) is 0 Å². The van der Waals surface area contributed by atoms with Crippen molar-refractivity contribution < 1.29 is 24.0 Å². The normalized spacial score (nSPS) is 64.1. The fourth-order valence-corrected chi connectivity index (χ4v) is 6.30. The van der Waals surface area contributed by atoms with Gasteiger partial charge >= 0.3 is 5.97 Å². The Morgan fingerprint density at radius 3 is 2.76 bits per heavy atom. The standard InChI is InChI=1S/C16H22O5/c1-8-4-5-16-9(2)11(17)18-12-10(16)15(8)7-6-14(3,19-12)21-20-13(15)16/h8-10,12-13H,4-7H2,1-3H3/t8-,9+,10?,12?,13?,14+,15?,16?/m1/s1. The van der Waals surface area contributed by atoms with Gasteiger partial charge in [0.05, 0.1) is 5.92 Å². The van der Waals surface area contributed by atoms with Crippen molar-refractivity contribution in [3.8, 4) is 0 Å². The van der Waals surface area contributed by atoms with E-state index in [4.69, 9.17) is 19.2 Å². The fraction of sp³-hybridized carbons (Fsp3) is 0.938. The molecular formula is C16H22O5. The molecule has 0 radical (unpaired) electrons. The maximum atomic E-state index is 12.4. The number of rotatable bonds is 0. The number of ether oxygens (including phenoxy) is 2. The predicted molar refractivity (Wildman–Crippen MR) is 70.5 cm³/mol. The van der Waals surface area contributed by atoms with Crippen LogP contribution in [0, 0.1) is 28.6 Å². The highest BCUT2D eigenvalue weighted by Gasteiger charge is 2.84. The molecule has 2 spiro atoms. The summed E-state index contributed by atoms with van der Waals surface area (Å²) in [4.78, 5) is 24.0. The number of hydrogen-bond acceptors (Lipinski definition) is 5. The molecular weight excluding hydrogens is 272 g/mol. The quantitative estimate of drug-likeness (QED) is 0.507. The summed E-state index contributed by atoms with van der Waals surface area (Å²) in [5.41, 5.74) is -0.107. The first-order valence-corrected chi connectivity index (χ1v) is 8.17. The zero-order valence-corrected chi connectivity index (χ0v) is 12.8. The van der Waals surface area contributed by atoms with Crippen LogP contribution in [0.25, 0.3) is 0 Å². The van der Waals surface area contributed by atoms with Gasteiger partial charge in [-0.3, -0.25) is 4.79 Å². The summed E-state index contributed by atoms with van der Waals surface area (Å²) in [5.74, 6) is -0.264. The monoisotopic (exact) mass is 294 g/mol. The molecule has 0 aromatic rings. The highest BCUT2D eigenvalue weighted by Crippen LogP contribution is 2.79. The Bertz CT molecular complexity index is 535. The number of carbonyl (C=O) groups is 1. The van der Waals surface area contributed by atoms with Gasteiger partial charge in [0.2, 0.25) is 12.1 Å². The van der Waals surface area contributed by atoms with E-state index in [0.717, 1.165) is 25.7 Å². The molecule has 5 unspecified atom stereocenters. The lowest BCUT2D eigenvalue weighted by Gasteiger charge is -2.76. The average molecular weight is 294 g/mol. The molecule has 8 atom stereocenters. The maximum Gasteiger partial charge on any atom is 0.311 e. The minimum atomic E-state index is -0.795. The molecule has 21 heavy (non-hydrogen) atoms. The second-order valence-corrected chi connectivity index (χ2v) is 7.98. The third kappa shape index (κ3) is 1.14. The Balaban J connectivity index is 1.73. The topological polar surface area (TPSA) is 54.0 Å². The first-order valence-electron chi connectivity index (χ1n) is 8.17. The van der Waals surface area contributed by atoms with Crippen molar-refractivity contribution in [2.24, 2.45) is 28.6 Å². The van der Waals surface area contributed by atoms with Crippen LogP contribution in [0.3, 0.4) is 0 Å². The minimum absolute atomic E-state index is 0.00910. The van der Waals surface area contributed by atoms with Crippen molar-refractivity contribution in [1.29, 1.82) is 0 Å². The van der Waals surface area contributed by atoms with E-state index in [1.807, 2.05) is 13.8 Å². The van der Waals surface area contributed by atoms with E-state index in [2.05, 4.69) is 6.92 Å². The van der Waals surface area contributed by atoms with Crippen molar-refractivity contribution in [1.82, 2.24) is 0 Å². The molecule has 3 bridgehead atoms. The van der Waals surface area contributed by atoms with Gasteiger partial charge in [-0.05, 0) is 32.1 Å². The summed E-state index contributed by atoms with van der Waals surface area (Å²) >= 11 is 0. The van der Waals surface area contributed by atoms with Crippen molar-refractivity contribution in [2.45, 2.75) is 64.6 Å². The maximum absolute atomic E-state index is 12.4. The molecule has 3 saturated carbocycles. The van der Waals surface area contributed by atoms with Crippen molar-refractivity contribution >= 4 is 5.97 Å². The van der Waals surface area contributed by atoms with Crippen LogP contribution in [0.2, 0.25) is 0 Å². The van der Waals surface area contributed by atoms with Gasteiger partial charge < -0.3 is 9.47 Å². The van der Waals surface area contributed by atoms with Crippen LogP contribution < -0.4 is 0 Å². The van der Waals surface area contributed by atoms with Crippen LogP contribution in [0.1, 0.15) is 46.5 Å². The summed E-state index contributed by atoms with van der Waals surface area (Å²) in [6, 6.07) is 0. The first-order chi connectivity index (χ1) is 9.94. The fourth-order valence-electron chi connectivity index (χ4n) is 6.30. The number of fused-ring (bicyclic) bond motifs is 4. The highest BCUT2D eigenvalue weighted by molar-refractivity contribution is 5.75. The Kier molecular flexibility index (Phi) is 2.12. The lowest BCUT2D eigenvalue weighted by Crippen LogP contribution is -2.81. The Labute approximate surface area is 124 Å². The van der Waals surface area contributed by atoms with Gasteiger partial charge in [-0.2, -0.15) is 0 Å². The average Bonchev–Trinajstić information content (AvgIpc) is 2.61. The van der Waals surface area contributed by atoms with Crippen LogP contribution in [-0.2, 0) is 24.0 Å². The van der Waals surface area contributed by atoms with Crippen molar-refractivity contribution in [3.63, 3.8) is 0 Å². The Morgan fingerprint density at radius 2 is 1.95 bits per heavy atom. The minimum Gasteiger partial charge on any atom is -0.435 e. The molecule has 5 heteroatoms. The van der Waals surface area contributed by atoms with Crippen LogP contribution >= 0.6 is 0 Å². The molecule has 5 nitrogen and oxygen atoms in total. The zero-order valence-electron chi connectivity index (χ0n) is 12.8. The third-order valence-corrected chi connectivity index (χ3v) is 7.42. The van der Waals surface area contributed by atoms with E-state index in [1.54, 1.807) is 0 Å². The molecule has 6 aliphatic rings. The summed E-state index contributed by atoms with van der Waals surface area (Å²) in [7, 11) is 0. The lowest BCUT2D eigenvalue weighted by molar-refractivity contribution is -0.542. The molecule has 0 N–H and O–H groups in total. The second kappa shape index (κ2) is 3.47. The van der Waals surface area contributed by atoms with E-state index < -0.39 is 12.1 Å². The van der Waals surface area contributed by atoms with Crippen LogP contribution in [0.4, 0.5) is 0 Å². The van der Waals surface area contributed by atoms with Gasteiger partial charge in [-0.1, -0.05) is 13.8 Å². The van der Waals surface area contributed by atoms with Gasteiger partial charge in [0.1, 0.15) is 6.10 Å². The van der Waals surface area contributed by atoms with Gasteiger partial charge in [-0.25, -0.2) is 9.78 Å². The molecule has 116 valence electrons. The number of hydrogen-bond donors (Lipinski definition) is 0. The van der Waals surface area contributed by atoms with E-state index in [1.165, 1.54) is 0 Å².